The van der Waals surface area contributed by atoms with Crippen LogP contribution >= 0.6 is 0 Å². The predicted molar refractivity (Wildman–Crippen MR) is 75.1 cm³/mol. The number of hydrogen-bond acceptors (Lipinski definition) is 6. The third-order valence-electron chi connectivity index (χ3n) is 2.67. The molecule has 0 aliphatic carbocycles. The molecule has 0 saturated carbocycles. The van der Waals surface area contributed by atoms with Crippen LogP contribution < -0.4 is 16.6 Å². The fourth-order valence-electron chi connectivity index (χ4n) is 1.87. The molecule has 0 bridgehead atoms. The smallest absolute Gasteiger partial charge is 0.273 e. The van der Waals surface area contributed by atoms with Crippen LogP contribution in [0.5, 0.6) is 0 Å². The molecular formula is C12H20N4O3. The van der Waals surface area contributed by atoms with Crippen LogP contribution in [0.2, 0.25) is 0 Å². The molecular weight excluding hydrogens is 248 g/mol. The van der Waals surface area contributed by atoms with Crippen LogP contribution in [-0.4, -0.2) is 24.7 Å². The van der Waals surface area contributed by atoms with Gasteiger partial charge in [0.2, 0.25) is 0 Å². The van der Waals surface area contributed by atoms with Gasteiger partial charge < -0.3 is 15.5 Å². The van der Waals surface area contributed by atoms with Crippen molar-refractivity contribution in [1.29, 1.82) is 0 Å². The second kappa shape index (κ2) is 7.55. The average Bonchev–Trinajstić information content (AvgIpc) is 2.38. The van der Waals surface area contributed by atoms with Gasteiger partial charge in [0.1, 0.15) is 0 Å². The van der Waals surface area contributed by atoms with Crippen molar-refractivity contribution in [3.05, 3.63) is 28.3 Å². The van der Waals surface area contributed by atoms with E-state index in [0.29, 0.717) is 18.0 Å². The minimum atomic E-state index is -0.447. The summed E-state index contributed by atoms with van der Waals surface area (Å²) in [5.41, 5.74) is 3.56. The van der Waals surface area contributed by atoms with Crippen molar-refractivity contribution in [1.82, 2.24) is 0 Å². The first-order chi connectivity index (χ1) is 9.10. The van der Waals surface area contributed by atoms with Gasteiger partial charge in [-0.15, -0.1) is 0 Å². The number of nitrogen functional groups attached to an aromatic ring is 1. The largest absolute Gasteiger partial charge is 0.383 e. The SMILES string of the molecule is CCCC(COC)Nc1cc(NN)cc([N+](=O)[O-])c1. The van der Waals surface area contributed by atoms with E-state index in [9.17, 15) is 10.1 Å². The van der Waals surface area contributed by atoms with Crippen LogP contribution in [0.25, 0.3) is 0 Å². The molecule has 1 aromatic rings. The summed E-state index contributed by atoms with van der Waals surface area (Å²) < 4.78 is 5.13. The van der Waals surface area contributed by atoms with Crippen LogP contribution in [0.3, 0.4) is 0 Å². The minimum absolute atomic E-state index is 0.00869. The maximum absolute atomic E-state index is 10.8. The number of ether oxygens (including phenoxy) is 1. The Morgan fingerprint density at radius 3 is 2.63 bits per heavy atom. The Hall–Kier alpha value is -1.86. The Balaban J connectivity index is 2.91. The predicted octanol–water partition coefficient (Wildman–Crippen LogP) is 2.11. The van der Waals surface area contributed by atoms with E-state index < -0.39 is 4.92 Å². The molecule has 1 rings (SSSR count). The summed E-state index contributed by atoms with van der Waals surface area (Å²) in [6, 6.07) is 4.71. The van der Waals surface area contributed by atoms with Crippen molar-refractivity contribution >= 4 is 17.1 Å². The fourth-order valence-corrected chi connectivity index (χ4v) is 1.87. The van der Waals surface area contributed by atoms with Gasteiger partial charge in [0, 0.05) is 31.0 Å². The highest BCUT2D eigenvalue weighted by Crippen LogP contribution is 2.24. The lowest BCUT2D eigenvalue weighted by molar-refractivity contribution is -0.384. The lowest BCUT2D eigenvalue weighted by Gasteiger charge is -2.18. The van der Waals surface area contributed by atoms with Crippen molar-refractivity contribution in [2.75, 3.05) is 24.5 Å². The molecule has 0 spiro atoms. The standard InChI is InChI=1S/C12H20N4O3/c1-3-4-9(8-19-2)14-10-5-11(15-13)7-12(6-10)16(17)18/h5-7,9,14-15H,3-4,8,13H2,1-2H3. The molecule has 0 amide bonds. The van der Waals surface area contributed by atoms with Gasteiger partial charge in [-0.2, -0.15) is 0 Å². The van der Waals surface area contributed by atoms with Crippen molar-refractivity contribution in [2.24, 2.45) is 5.84 Å². The number of hydrazine groups is 1. The van der Waals surface area contributed by atoms with E-state index in [-0.39, 0.29) is 11.7 Å². The number of nitrogens with one attached hydrogen (secondary N) is 2. The zero-order valence-corrected chi connectivity index (χ0v) is 11.2. The molecule has 1 aromatic carbocycles. The lowest BCUT2D eigenvalue weighted by atomic mass is 10.1. The van der Waals surface area contributed by atoms with Crippen LogP contribution in [0, 0.1) is 10.1 Å². The van der Waals surface area contributed by atoms with Crippen molar-refractivity contribution < 1.29 is 9.66 Å². The molecule has 0 fully saturated rings. The van der Waals surface area contributed by atoms with Gasteiger partial charge in [-0.3, -0.25) is 16.0 Å². The summed E-state index contributed by atoms with van der Waals surface area (Å²) in [4.78, 5) is 10.4. The first kappa shape index (κ1) is 15.2. The number of benzene rings is 1. The van der Waals surface area contributed by atoms with Gasteiger partial charge in [-0.25, -0.2) is 0 Å². The zero-order chi connectivity index (χ0) is 14.3. The number of nitro groups is 1. The van der Waals surface area contributed by atoms with Crippen LogP contribution in [0.1, 0.15) is 19.8 Å². The number of non-ortho nitro benzene ring substituents is 1. The number of nitrogens with zero attached hydrogens (tertiary/aromatic N) is 1. The summed E-state index contributed by atoms with van der Waals surface area (Å²) in [7, 11) is 1.63. The zero-order valence-electron chi connectivity index (χ0n) is 11.2. The highest BCUT2D eigenvalue weighted by atomic mass is 16.6. The molecule has 0 aromatic heterocycles. The van der Waals surface area contributed by atoms with Crippen LogP contribution in [-0.2, 0) is 4.74 Å². The number of hydrogen-bond donors (Lipinski definition) is 3. The molecule has 1 unspecified atom stereocenters. The van der Waals surface area contributed by atoms with Gasteiger partial charge in [-0.05, 0) is 12.5 Å². The Bertz CT molecular complexity index is 419. The Morgan fingerprint density at radius 1 is 1.42 bits per heavy atom. The monoisotopic (exact) mass is 268 g/mol. The average molecular weight is 268 g/mol. The highest BCUT2D eigenvalue weighted by Gasteiger charge is 2.12. The maximum atomic E-state index is 10.8. The third-order valence-corrected chi connectivity index (χ3v) is 2.67. The summed E-state index contributed by atoms with van der Waals surface area (Å²) in [5.74, 6) is 5.31. The molecule has 0 aliphatic rings. The number of anilines is 2. The molecule has 106 valence electrons. The van der Waals surface area contributed by atoms with Crippen molar-refractivity contribution in [3.8, 4) is 0 Å². The molecule has 7 nitrogen and oxygen atoms in total. The lowest BCUT2D eigenvalue weighted by Crippen LogP contribution is -2.24. The van der Waals surface area contributed by atoms with Gasteiger partial charge in [-0.1, -0.05) is 13.3 Å². The first-order valence-electron chi connectivity index (χ1n) is 6.12. The van der Waals surface area contributed by atoms with E-state index in [2.05, 4.69) is 17.7 Å². The summed E-state index contributed by atoms with van der Waals surface area (Å²) >= 11 is 0. The Morgan fingerprint density at radius 2 is 2.11 bits per heavy atom. The molecule has 4 N–H and O–H groups in total. The molecule has 0 heterocycles. The molecule has 7 heteroatoms. The van der Waals surface area contributed by atoms with E-state index in [4.69, 9.17) is 10.6 Å². The molecule has 19 heavy (non-hydrogen) atoms. The van der Waals surface area contributed by atoms with E-state index in [1.54, 1.807) is 13.2 Å². The third kappa shape index (κ3) is 4.72. The second-order valence-corrected chi connectivity index (χ2v) is 4.26. The number of nitrogens with two attached hydrogens (primary N) is 1. The maximum Gasteiger partial charge on any atom is 0.273 e. The van der Waals surface area contributed by atoms with Crippen LogP contribution in [0.4, 0.5) is 17.1 Å². The fraction of sp³-hybridized carbons (Fsp3) is 0.500. The Kier molecular flexibility index (Phi) is 6.04. The summed E-state index contributed by atoms with van der Waals surface area (Å²) in [6.07, 6.45) is 1.92. The molecule has 1 atom stereocenters. The first-order valence-corrected chi connectivity index (χ1v) is 6.12. The quantitative estimate of drug-likeness (QED) is 0.379. The highest BCUT2D eigenvalue weighted by molar-refractivity contribution is 5.63. The second-order valence-electron chi connectivity index (χ2n) is 4.26. The normalized spacial score (nSPS) is 11.9. The van der Waals surface area contributed by atoms with E-state index >= 15 is 0 Å². The van der Waals surface area contributed by atoms with E-state index in [1.165, 1.54) is 12.1 Å². The Labute approximate surface area is 112 Å². The minimum Gasteiger partial charge on any atom is -0.383 e. The van der Waals surface area contributed by atoms with E-state index in [1.807, 2.05) is 0 Å². The van der Waals surface area contributed by atoms with Gasteiger partial charge in [0.25, 0.3) is 5.69 Å². The topological polar surface area (TPSA) is 102 Å². The summed E-state index contributed by atoms with van der Waals surface area (Å²) in [6.45, 7) is 2.62. The van der Waals surface area contributed by atoms with Gasteiger partial charge in [0.05, 0.1) is 17.2 Å². The molecule has 0 radical (unpaired) electrons. The van der Waals surface area contributed by atoms with Gasteiger partial charge >= 0.3 is 0 Å². The number of nitro benzene ring substituents is 1. The van der Waals surface area contributed by atoms with Gasteiger partial charge in [0.15, 0.2) is 0 Å². The summed E-state index contributed by atoms with van der Waals surface area (Å²) in [5, 5.41) is 14.1. The van der Waals surface area contributed by atoms with Crippen LogP contribution in [0.15, 0.2) is 18.2 Å². The van der Waals surface area contributed by atoms with Crippen molar-refractivity contribution in [2.45, 2.75) is 25.8 Å². The van der Waals surface area contributed by atoms with Crippen molar-refractivity contribution in [3.63, 3.8) is 0 Å². The van der Waals surface area contributed by atoms with E-state index in [0.717, 1.165) is 12.8 Å². The molecule has 0 saturated heterocycles. The molecule has 0 aliphatic heterocycles. The number of rotatable bonds is 8. The number of methoxy groups -OCH3 is 1.